The summed E-state index contributed by atoms with van der Waals surface area (Å²) in [6.45, 7) is -3.05. The first-order chi connectivity index (χ1) is 12.5. The third kappa shape index (κ3) is 2.10. The predicted octanol–water partition coefficient (Wildman–Crippen LogP) is 3.58. The largest absolute Gasteiger partial charge is 0.347 e. The molecular formula is C18H14ClF2N3O2. The lowest BCUT2D eigenvalue weighted by molar-refractivity contribution is -0.168. The molecule has 134 valence electrons. The summed E-state index contributed by atoms with van der Waals surface area (Å²) in [5.41, 5.74) is 2.34. The van der Waals surface area contributed by atoms with Crippen LogP contribution in [0.1, 0.15) is 30.7 Å². The molecule has 3 atom stereocenters. The number of nitrogens with zero attached hydrogens (tertiary/aromatic N) is 2. The van der Waals surface area contributed by atoms with E-state index >= 15 is 0 Å². The van der Waals surface area contributed by atoms with Crippen molar-refractivity contribution in [2.45, 2.75) is 36.6 Å². The van der Waals surface area contributed by atoms with Crippen molar-refractivity contribution in [1.82, 2.24) is 14.9 Å². The average molecular weight is 378 g/mol. The Bertz CT molecular complexity index is 999. The van der Waals surface area contributed by atoms with E-state index in [1.54, 1.807) is 12.2 Å². The molecule has 1 aliphatic carbocycles. The Kier molecular flexibility index (Phi) is 3.30. The second kappa shape index (κ2) is 5.37. The Labute approximate surface area is 152 Å². The molecule has 8 heteroatoms. The number of carbonyl (C=O) groups excluding carboxylic acids is 1. The second-order valence-corrected chi connectivity index (χ2v) is 7.26. The van der Waals surface area contributed by atoms with Gasteiger partial charge in [0.05, 0.1) is 23.1 Å². The molecule has 0 saturated carbocycles. The van der Waals surface area contributed by atoms with Gasteiger partial charge in [-0.1, -0.05) is 35.9 Å². The van der Waals surface area contributed by atoms with Gasteiger partial charge in [-0.3, -0.25) is 9.53 Å². The van der Waals surface area contributed by atoms with E-state index in [1.807, 2.05) is 28.8 Å². The van der Waals surface area contributed by atoms with Gasteiger partial charge in [0.25, 0.3) is 5.91 Å². The lowest BCUT2D eigenvalue weighted by Gasteiger charge is -2.35. The van der Waals surface area contributed by atoms with Gasteiger partial charge in [0.1, 0.15) is 5.82 Å². The van der Waals surface area contributed by atoms with Crippen LogP contribution >= 0.6 is 11.6 Å². The molecular weight excluding hydrogens is 364 g/mol. The fourth-order valence-corrected chi connectivity index (χ4v) is 4.67. The third-order valence-corrected chi connectivity index (χ3v) is 5.67. The molecule has 0 fully saturated rings. The lowest BCUT2D eigenvalue weighted by Crippen LogP contribution is -2.38. The lowest BCUT2D eigenvalue weighted by atomic mass is 9.88. The first-order valence-electron chi connectivity index (χ1n) is 8.32. The van der Waals surface area contributed by atoms with Gasteiger partial charge < -0.3 is 9.88 Å². The van der Waals surface area contributed by atoms with E-state index in [1.165, 1.54) is 0 Å². The number of aromatic nitrogens is 2. The van der Waals surface area contributed by atoms with Gasteiger partial charge in [-0.2, -0.15) is 8.78 Å². The summed E-state index contributed by atoms with van der Waals surface area (Å²) in [5, 5.41) is 1.18. The van der Waals surface area contributed by atoms with E-state index in [9.17, 15) is 13.6 Å². The number of carbonyl (C=O) groups is 1. The van der Waals surface area contributed by atoms with Crippen LogP contribution in [-0.2, 0) is 9.53 Å². The van der Waals surface area contributed by atoms with Gasteiger partial charge in [0, 0.05) is 17.6 Å². The van der Waals surface area contributed by atoms with Crippen molar-refractivity contribution < 1.29 is 18.3 Å². The van der Waals surface area contributed by atoms with Crippen molar-refractivity contribution in [3.05, 3.63) is 53.4 Å². The molecule has 2 aromatic rings. The maximum absolute atomic E-state index is 13.1. The van der Waals surface area contributed by atoms with E-state index in [0.717, 1.165) is 11.0 Å². The third-order valence-electron chi connectivity index (χ3n) is 5.22. The molecule has 0 saturated heterocycles. The summed E-state index contributed by atoms with van der Waals surface area (Å²) in [6, 6.07) is 6.91. The van der Waals surface area contributed by atoms with E-state index in [2.05, 4.69) is 10.3 Å². The second-order valence-electron chi connectivity index (χ2n) is 6.65. The van der Waals surface area contributed by atoms with Crippen LogP contribution in [0.3, 0.4) is 0 Å². The van der Waals surface area contributed by atoms with Crippen LogP contribution in [-0.4, -0.2) is 27.1 Å². The highest BCUT2D eigenvalue weighted by atomic mass is 35.5. The Morgan fingerprint density at radius 2 is 2.19 bits per heavy atom. The minimum absolute atomic E-state index is 0.0636. The van der Waals surface area contributed by atoms with Crippen molar-refractivity contribution in [2.75, 3.05) is 0 Å². The molecule has 26 heavy (non-hydrogen) atoms. The first kappa shape index (κ1) is 16.0. The summed E-state index contributed by atoms with van der Waals surface area (Å²) < 4.78 is 33.0. The zero-order valence-electron chi connectivity index (χ0n) is 13.5. The standard InChI is InChI=1S/C18H14ClF2N3O2/c19-18(26-17(20)21)7-3-4-9-14(18)13-8-11(23-16(9)25)15-22-10-5-1-2-6-12(10)24(13)15/h1-6,11,13,17H,7-8H2,(H,23,25). The van der Waals surface area contributed by atoms with E-state index in [4.69, 9.17) is 16.3 Å². The van der Waals surface area contributed by atoms with Crippen LogP contribution in [0.2, 0.25) is 0 Å². The SMILES string of the molecule is O=C1NC2CC(C3=C1C=CCC3(Cl)OC(F)F)n1c2nc2ccccc21. The van der Waals surface area contributed by atoms with Crippen molar-refractivity contribution in [3.8, 4) is 0 Å². The number of amides is 1. The monoisotopic (exact) mass is 377 g/mol. The first-order valence-corrected chi connectivity index (χ1v) is 8.69. The van der Waals surface area contributed by atoms with Crippen LogP contribution in [0.25, 0.3) is 11.0 Å². The zero-order valence-corrected chi connectivity index (χ0v) is 14.2. The smallest absolute Gasteiger partial charge is 0.342 e. The van der Waals surface area contributed by atoms with E-state index in [0.29, 0.717) is 23.4 Å². The molecule has 2 aliphatic heterocycles. The molecule has 1 N–H and O–H groups in total. The summed E-state index contributed by atoms with van der Waals surface area (Å²) in [4.78, 5) is 17.3. The van der Waals surface area contributed by atoms with Crippen LogP contribution in [0.4, 0.5) is 8.78 Å². The minimum atomic E-state index is -3.05. The number of hydrogen-bond donors (Lipinski definition) is 1. The molecule has 1 amide bonds. The molecule has 0 spiro atoms. The summed E-state index contributed by atoms with van der Waals surface area (Å²) in [7, 11) is 0. The number of alkyl halides is 3. The molecule has 2 bridgehead atoms. The van der Waals surface area contributed by atoms with Gasteiger partial charge in [0.2, 0.25) is 0 Å². The fourth-order valence-electron chi connectivity index (χ4n) is 4.29. The van der Waals surface area contributed by atoms with Crippen LogP contribution in [0, 0.1) is 0 Å². The zero-order chi connectivity index (χ0) is 18.1. The maximum atomic E-state index is 13.1. The molecule has 0 radical (unpaired) electrons. The molecule has 5 nitrogen and oxygen atoms in total. The highest BCUT2D eigenvalue weighted by Gasteiger charge is 2.50. The molecule has 5 rings (SSSR count). The normalized spacial score (nSPS) is 29.8. The van der Waals surface area contributed by atoms with E-state index < -0.39 is 11.7 Å². The topological polar surface area (TPSA) is 56.1 Å². The summed E-state index contributed by atoms with van der Waals surface area (Å²) in [6.07, 6.45) is 3.81. The number of ether oxygens (including phenoxy) is 1. The van der Waals surface area contributed by atoms with Crippen LogP contribution in [0.15, 0.2) is 47.6 Å². The Morgan fingerprint density at radius 3 is 3.00 bits per heavy atom. The van der Waals surface area contributed by atoms with Crippen molar-refractivity contribution in [1.29, 1.82) is 0 Å². The molecule has 1 aromatic heterocycles. The summed E-state index contributed by atoms with van der Waals surface area (Å²) >= 11 is 6.53. The quantitative estimate of drug-likeness (QED) is 0.814. The number of rotatable bonds is 2. The number of fused-ring (bicyclic) bond motifs is 8. The number of imidazole rings is 1. The van der Waals surface area contributed by atoms with Crippen molar-refractivity contribution in [2.24, 2.45) is 0 Å². The van der Waals surface area contributed by atoms with Gasteiger partial charge in [-0.15, -0.1) is 0 Å². The number of halogens is 3. The predicted molar refractivity (Wildman–Crippen MR) is 90.7 cm³/mol. The summed E-state index contributed by atoms with van der Waals surface area (Å²) in [5.74, 6) is 0.367. The average Bonchev–Trinajstić information content (AvgIpc) is 3.06. The Morgan fingerprint density at radius 1 is 1.38 bits per heavy atom. The highest BCUT2D eigenvalue weighted by molar-refractivity contribution is 6.26. The molecule has 3 aliphatic rings. The van der Waals surface area contributed by atoms with Gasteiger partial charge in [0.15, 0.2) is 5.06 Å². The van der Waals surface area contributed by atoms with E-state index in [-0.39, 0.29) is 24.4 Å². The molecule has 3 heterocycles. The number of benzene rings is 1. The highest BCUT2D eigenvalue weighted by Crippen LogP contribution is 2.52. The van der Waals surface area contributed by atoms with Gasteiger partial charge in [-0.05, 0) is 18.6 Å². The number of nitrogens with one attached hydrogen (secondary N) is 1. The number of para-hydroxylation sites is 2. The maximum Gasteiger partial charge on any atom is 0.347 e. The Balaban J connectivity index is 1.76. The number of hydrogen-bond acceptors (Lipinski definition) is 3. The van der Waals surface area contributed by atoms with Crippen LogP contribution in [0.5, 0.6) is 0 Å². The van der Waals surface area contributed by atoms with Crippen molar-refractivity contribution >= 4 is 28.5 Å². The Hall–Kier alpha value is -2.25. The fraction of sp³-hybridized carbons (Fsp3) is 0.333. The van der Waals surface area contributed by atoms with Gasteiger partial charge in [-0.25, -0.2) is 4.98 Å². The van der Waals surface area contributed by atoms with Crippen molar-refractivity contribution in [3.63, 3.8) is 0 Å². The molecule has 3 unspecified atom stereocenters. The minimum Gasteiger partial charge on any atom is -0.342 e. The van der Waals surface area contributed by atoms with Gasteiger partial charge >= 0.3 is 6.61 Å². The molecule has 1 aromatic carbocycles. The van der Waals surface area contributed by atoms with Crippen LogP contribution < -0.4 is 5.32 Å².